The van der Waals surface area contributed by atoms with E-state index in [0.717, 1.165) is 11.1 Å². The second-order valence-corrected chi connectivity index (χ2v) is 9.26. The standard InChI is InChI=1S/C26H30N2O5/c1-4-28(26(2,3)24(30)31)23(29)21-13-16(21)14-27-25(32)33-15-22-19-11-7-5-9-17(19)18-10-6-8-12-20(18)22/h5-12,16,21-22H,4,13-15H2,1-3H3,(H,27,32)(H,30,31)/t16-,21-/m0/s1. The van der Waals surface area contributed by atoms with Gasteiger partial charge < -0.3 is 20.1 Å². The number of likely N-dealkylation sites (N-methyl/N-ethyl adjacent to an activating group) is 1. The molecule has 0 saturated heterocycles. The first kappa shape index (κ1) is 22.8. The van der Waals surface area contributed by atoms with Crippen molar-refractivity contribution in [2.75, 3.05) is 19.7 Å². The number of ether oxygens (including phenoxy) is 1. The highest BCUT2D eigenvalue weighted by molar-refractivity contribution is 5.89. The maximum Gasteiger partial charge on any atom is 0.407 e. The van der Waals surface area contributed by atoms with Crippen molar-refractivity contribution in [1.29, 1.82) is 0 Å². The molecule has 0 radical (unpaired) electrons. The third-order valence-electron chi connectivity index (χ3n) is 6.87. The minimum atomic E-state index is -1.26. The van der Waals surface area contributed by atoms with E-state index in [2.05, 4.69) is 29.6 Å². The van der Waals surface area contributed by atoms with Gasteiger partial charge in [-0.25, -0.2) is 9.59 Å². The molecular formula is C26H30N2O5. The highest BCUT2D eigenvalue weighted by atomic mass is 16.5. The largest absolute Gasteiger partial charge is 0.480 e. The Morgan fingerprint density at radius 2 is 1.64 bits per heavy atom. The highest BCUT2D eigenvalue weighted by Crippen LogP contribution is 2.44. The van der Waals surface area contributed by atoms with Crippen LogP contribution in [0.25, 0.3) is 11.1 Å². The number of fused-ring (bicyclic) bond motifs is 3. The van der Waals surface area contributed by atoms with E-state index in [1.165, 1.54) is 29.9 Å². The van der Waals surface area contributed by atoms with Crippen LogP contribution < -0.4 is 5.32 Å². The van der Waals surface area contributed by atoms with Crippen molar-refractivity contribution in [2.24, 2.45) is 11.8 Å². The Kier molecular flexibility index (Phi) is 6.15. The summed E-state index contributed by atoms with van der Waals surface area (Å²) in [6.07, 6.45) is 0.127. The Bertz CT molecular complexity index is 1030. The molecule has 2 amide bonds. The lowest BCUT2D eigenvalue weighted by Gasteiger charge is -2.34. The van der Waals surface area contributed by atoms with Gasteiger partial charge in [0.2, 0.25) is 5.91 Å². The Morgan fingerprint density at radius 1 is 1.06 bits per heavy atom. The molecule has 2 aromatic rings. The van der Waals surface area contributed by atoms with Crippen molar-refractivity contribution in [2.45, 2.75) is 38.6 Å². The van der Waals surface area contributed by atoms with Crippen LogP contribution in [-0.2, 0) is 14.3 Å². The van der Waals surface area contributed by atoms with Gasteiger partial charge in [0.15, 0.2) is 0 Å². The number of carboxylic acids is 1. The molecule has 0 spiro atoms. The van der Waals surface area contributed by atoms with E-state index < -0.39 is 17.6 Å². The molecule has 33 heavy (non-hydrogen) atoms. The molecule has 7 heteroatoms. The van der Waals surface area contributed by atoms with Gasteiger partial charge >= 0.3 is 12.1 Å². The van der Waals surface area contributed by atoms with Gasteiger partial charge in [-0.2, -0.15) is 0 Å². The SMILES string of the molecule is CCN(C(=O)[C@H]1C[C@H]1CNC(=O)OCC1c2ccccc2-c2ccccc21)C(C)(C)C(=O)O. The van der Waals surface area contributed by atoms with Crippen molar-refractivity contribution in [3.05, 3.63) is 59.7 Å². The first-order valence-corrected chi connectivity index (χ1v) is 11.4. The molecule has 0 unspecified atom stereocenters. The van der Waals surface area contributed by atoms with Crippen molar-refractivity contribution >= 4 is 18.0 Å². The third kappa shape index (κ3) is 4.32. The average molecular weight is 451 g/mol. The van der Waals surface area contributed by atoms with E-state index in [1.807, 2.05) is 24.3 Å². The van der Waals surface area contributed by atoms with E-state index >= 15 is 0 Å². The lowest BCUT2D eigenvalue weighted by atomic mass is 9.98. The van der Waals surface area contributed by atoms with Gasteiger partial charge in [-0.05, 0) is 55.4 Å². The van der Waals surface area contributed by atoms with Crippen molar-refractivity contribution in [1.82, 2.24) is 10.2 Å². The molecule has 2 N–H and O–H groups in total. The molecule has 2 aliphatic rings. The van der Waals surface area contributed by atoms with Crippen LogP contribution in [0.2, 0.25) is 0 Å². The van der Waals surface area contributed by atoms with E-state index in [9.17, 15) is 19.5 Å². The molecular weight excluding hydrogens is 420 g/mol. The van der Waals surface area contributed by atoms with E-state index in [0.29, 0.717) is 19.5 Å². The number of aliphatic carboxylic acids is 1. The zero-order valence-electron chi connectivity index (χ0n) is 19.2. The Hall–Kier alpha value is -3.35. The van der Waals surface area contributed by atoms with Gasteiger partial charge in [0.05, 0.1) is 0 Å². The Labute approximate surface area is 193 Å². The number of nitrogens with zero attached hydrogens (tertiary/aromatic N) is 1. The molecule has 2 aliphatic carbocycles. The number of hydrogen-bond acceptors (Lipinski definition) is 4. The number of alkyl carbamates (subject to hydrolysis) is 1. The lowest BCUT2D eigenvalue weighted by molar-refractivity contribution is -0.157. The normalized spacial score (nSPS) is 18.8. The van der Waals surface area contributed by atoms with Crippen LogP contribution in [0.4, 0.5) is 4.79 Å². The number of amides is 2. The average Bonchev–Trinajstić information content (AvgIpc) is 3.51. The highest BCUT2D eigenvalue weighted by Gasteiger charge is 2.48. The smallest absolute Gasteiger partial charge is 0.407 e. The molecule has 0 bridgehead atoms. The topological polar surface area (TPSA) is 95.9 Å². The minimum absolute atomic E-state index is 0.00312. The Morgan fingerprint density at radius 3 is 2.18 bits per heavy atom. The maximum absolute atomic E-state index is 12.8. The number of hydrogen-bond donors (Lipinski definition) is 2. The maximum atomic E-state index is 12.8. The number of carbonyl (C=O) groups is 3. The summed E-state index contributed by atoms with van der Waals surface area (Å²) < 4.78 is 5.54. The quantitative estimate of drug-likeness (QED) is 0.637. The first-order chi connectivity index (χ1) is 15.8. The van der Waals surface area contributed by atoms with E-state index in [1.54, 1.807) is 6.92 Å². The van der Waals surface area contributed by atoms with Crippen LogP contribution in [0, 0.1) is 11.8 Å². The summed E-state index contributed by atoms with van der Waals surface area (Å²) >= 11 is 0. The van der Waals surface area contributed by atoms with Gasteiger partial charge in [-0.15, -0.1) is 0 Å². The third-order valence-corrected chi connectivity index (χ3v) is 6.87. The number of benzene rings is 2. The number of nitrogens with one attached hydrogen (secondary N) is 1. The predicted molar refractivity (Wildman–Crippen MR) is 124 cm³/mol. The summed E-state index contributed by atoms with van der Waals surface area (Å²) in [6.45, 7) is 5.73. The van der Waals surface area contributed by atoms with Crippen LogP contribution in [0.1, 0.15) is 44.2 Å². The van der Waals surface area contributed by atoms with Gasteiger partial charge in [0.25, 0.3) is 0 Å². The molecule has 1 saturated carbocycles. The second-order valence-electron chi connectivity index (χ2n) is 9.26. The van der Waals surface area contributed by atoms with Crippen LogP contribution in [0.15, 0.2) is 48.5 Å². The first-order valence-electron chi connectivity index (χ1n) is 11.4. The van der Waals surface area contributed by atoms with Crippen LogP contribution in [0.5, 0.6) is 0 Å². The minimum Gasteiger partial charge on any atom is -0.480 e. The van der Waals surface area contributed by atoms with Crippen molar-refractivity contribution in [3.8, 4) is 11.1 Å². The fourth-order valence-corrected chi connectivity index (χ4v) is 4.78. The summed E-state index contributed by atoms with van der Waals surface area (Å²) in [4.78, 5) is 38.1. The second kappa shape index (κ2) is 8.89. The fraction of sp³-hybridized carbons (Fsp3) is 0.423. The predicted octanol–water partition coefficient (Wildman–Crippen LogP) is 3.87. The summed E-state index contributed by atoms with van der Waals surface area (Å²) in [5.41, 5.74) is 3.39. The van der Waals surface area contributed by atoms with Gasteiger partial charge in [0, 0.05) is 24.9 Å². The van der Waals surface area contributed by atoms with Gasteiger partial charge in [-0.3, -0.25) is 4.79 Å². The summed E-state index contributed by atoms with van der Waals surface area (Å²) in [5.74, 6) is -1.49. The molecule has 1 fully saturated rings. The van der Waals surface area contributed by atoms with Gasteiger partial charge in [0.1, 0.15) is 12.1 Å². The monoisotopic (exact) mass is 450 g/mol. The molecule has 0 aliphatic heterocycles. The lowest BCUT2D eigenvalue weighted by Crippen LogP contribution is -2.53. The zero-order valence-corrected chi connectivity index (χ0v) is 19.2. The number of carbonyl (C=O) groups excluding carboxylic acids is 2. The summed E-state index contributed by atoms with van der Waals surface area (Å²) in [7, 11) is 0. The fourth-order valence-electron chi connectivity index (χ4n) is 4.78. The molecule has 2 atom stereocenters. The molecule has 4 rings (SSSR count). The van der Waals surface area contributed by atoms with Gasteiger partial charge in [-0.1, -0.05) is 48.5 Å². The van der Waals surface area contributed by atoms with Crippen molar-refractivity contribution in [3.63, 3.8) is 0 Å². The summed E-state index contributed by atoms with van der Waals surface area (Å²) in [6, 6.07) is 16.3. The molecule has 174 valence electrons. The number of rotatable bonds is 8. The molecule has 2 aromatic carbocycles. The summed E-state index contributed by atoms with van der Waals surface area (Å²) in [5, 5.41) is 12.2. The van der Waals surface area contributed by atoms with E-state index in [4.69, 9.17) is 4.74 Å². The van der Waals surface area contributed by atoms with Crippen LogP contribution >= 0.6 is 0 Å². The molecule has 0 heterocycles. The zero-order chi connectivity index (χ0) is 23.8. The van der Waals surface area contributed by atoms with Crippen LogP contribution in [0.3, 0.4) is 0 Å². The molecule has 0 aromatic heterocycles. The van der Waals surface area contributed by atoms with Crippen LogP contribution in [-0.4, -0.2) is 53.2 Å². The number of carboxylic acid groups (broad SMARTS) is 1. The Balaban J connectivity index is 1.29. The molecule has 7 nitrogen and oxygen atoms in total. The van der Waals surface area contributed by atoms with Crippen molar-refractivity contribution < 1.29 is 24.2 Å². The van der Waals surface area contributed by atoms with E-state index in [-0.39, 0.29) is 30.3 Å².